The summed E-state index contributed by atoms with van der Waals surface area (Å²) in [5, 5.41) is 6.66. The number of aliphatic imine (C=N–C) groups is 1. The molecule has 0 radical (unpaired) electrons. The number of nitrogens with zero attached hydrogens (tertiary/aromatic N) is 1. The number of nitrogens with one attached hydrogen (secondary N) is 2. The van der Waals surface area contributed by atoms with Crippen molar-refractivity contribution in [3.8, 4) is 5.75 Å². The molecule has 0 amide bonds. The monoisotopic (exact) mass is 291 g/mol. The highest BCUT2D eigenvalue weighted by Crippen LogP contribution is 2.19. The fourth-order valence-electron chi connectivity index (χ4n) is 2.07. The number of guanidine groups is 1. The summed E-state index contributed by atoms with van der Waals surface area (Å²) < 4.78 is 5.35. The summed E-state index contributed by atoms with van der Waals surface area (Å²) in [6.45, 7) is 8.43. The van der Waals surface area contributed by atoms with Gasteiger partial charge in [0.05, 0.1) is 7.11 Å². The van der Waals surface area contributed by atoms with Gasteiger partial charge < -0.3 is 15.4 Å². The second kappa shape index (κ2) is 8.55. The predicted octanol–water partition coefficient (Wildman–Crippen LogP) is 3.19. The molecule has 0 saturated heterocycles. The van der Waals surface area contributed by atoms with E-state index in [1.54, 1.807) is 14.2 Å². The second-order valence-corrected chi connectivity index (χ2v) is 6.33. The number of rotatable bonds is 6. The fraction of sp³-hybridized carbons (Fsp3) is 0.588. The van der Waals surface area contributed by atoms with E-state index in [1.807, 2.05) is 18.2 Å². The first-order chi connectivity index (χ1) is 9.96. The minimum absolute atomic E-state index is 0.385. The Kier molecular flexibility index (Phi) is 7.06. The van der Waals surface area contributed by atoms with Crippen molar-refractivity contribution in [1.82, 2.24) is 10.6 Å². The third kappa shape index (κ3) is 7.02. The molecule has 1 aromatic carbocycles. The van der Waals surface area contributed by atoms with Gasteiger partial charge in [0.25, 0.3) is 0 Å². The zero-order valence-corrected chi connectivity index (χ0v) is 14.0. The van der Waals surface area contributed by atoms with Crippen molar-refractivity contribution in [3.05, 3.63) is 29.8 Å². The van der Waals surface area contributed by atoms with Crippen molar-refractivity contribution in [3.63, 3.8) is 0 Å². The maximum Gasteiger partial charge on any atom is 0.191 e. The minimum Gasteiger partial charge on any atom is -0.496 e. The van der Waals surface area contributed by atoms with Gasteiger partial charge in [0, 0.05) is 25.7 Å². The van der Waals surface area contributed by atoms with Crippen LogP contribution in [0.2, 0.25) is 0 Å². The van der Waals surface area contributed by atoms with Gasteiger partial charge in [0.15, 0.2) is 5.96 Å². The molecule has 0 aliphatic heterocycles. The molecule has 4 heteroatoms. The summed E-state index contributed by atoms with van der Waals surface area (Å²) in [4.78, 5) is 4.25. The number of benzene rings is 1. The average molecular weight is 291 g/mol. The molecule has 0 spiro atoms. The Morgan fingerprint density at radius 2 is 1.90 bits per heavy atom. The summed E-state index contributed by atoms with van der Waals surface area (Å²) in [7, 11) is 3.49. The molecule has 2 N–H and O–H groups in total. The van der Waals surface area contributed by atoms with Gasteiger partial charge >= 0.3 is 0 Å². The summed E-state index contributed by atoms with van der Waals surface area (Å²) in [6, 6.07) is 8.01. The average Bonchev–Trinajstić information content (AvgIpc) is 2.45. The molecule has 0 aliphatic rings. The molecule has 0 aromatic heterocycles. The molecular weight excluding hydrogens is 262 g/mol. The van der Waals surface area contributed by atoms with Gasteiger partial charge in [0.1, 0.15) is 5.75 Å². The van der Waals surface area contributed by atoms with Gasteiger partial charge in [-0.2, -0.15) is 0 Å². The minimum atomic E-state index is 0.385. The highest BCUT2D eigenvalue weighted by molar-refractivity contribution is 5.79. The van der Waals surface area contributed by atoms with E-state index in [1.165, 1.54) is 6.42 Å². The lowest BCUT2D eigenvalue weighted by Gasteiger charge is -2.18. The van der Waals surface area contributed by atoms with Crippen LogP contribution in [0.3, 0.4) is 0 Å². The highest BCUT2D eigenvalue weighted by atomic mass is 16.5. The Hall–Kier alpha value is -1.71. The molecular formula is C17H29N3O. The van der Waals surface area contributed by atoms with E-state index >= 15 is 0 Å². The lowest BCUT2D eigenvalue weighted by atomic mass is 9.91. The van der Waals surface area contributed by atoms with Crippen LogP contribution in [0.4, 0.5) is 0 Å². The van der Waals surface area contributed by atoms with Crippen molar-refractivity contribution >= 4 is 5.96 Å². The first kappa shape index (κ1) is 17.3. The van der Waals surface area contributed by atoms with Crippen molar-refractivity contribution in [2.24, 2.45) is 10.4 Å². The SMILES string of the molecule is CN=C(NCCCC(C)(C)C)NCc1ccccc1OC. The van der Waals surface area contributed by atoms with Crippen LogP contribution in [0, 0.1) is 5.41 Å². The van der Waals surface area contributed by atoms with Gasteiger partial charge in [-0.1, -0.05) is 39.0 Å². The molecule has 0 bridgehead atoms. The number of methoxy groups -OCH3 is 1. The summed E-state index contributed by atoms with van der Waals surface area (Å²) in [6.07, 6.45) is 2.34. The van der Waals surface area contributed by atoms with E-state index in [2.05, 4.69) is 42.5 Å². The molecule has 0 fully saturated rings. The first-order valence-corrected chi connectivity index (χ1v) is 7.52. The Bertz CT molecular complexity index is 450. The van der Waals surface area contributed by atoms with Crippen LogP contribution < -0.4 is 15.4 Å². The van der Waals surface area contributed by atoms with Crippen LogP contribution >= 0.6 is 0 Å². The van der Waals surface area contributed by atoms with Gasteiger partial charge in [-0.25, -0.2) is 0 Å². The zero-order chi connectivity index (χ0) is 15.7. The molecule has 0 saturated carbocycles. The maximum absolute atomic E-state index is 5.35. The van der Waals surface area contributed by atoms with E-state index in [9.17, 15) is 0 Å². The lowest BCUT2D eigenvalue weighted by molar-refractivity contribution is 0.365. The topological polar surface area (TPSA) is 45.7 Å². The van der Waals surface area contributed by atoms with E-state index in [0.717, 1.165) is 30.2 Å². The van der Waals surface area contributed by atoms with Gasteiger partial charge in [-0.3, -0.25) is 4.99 Å². The predicted molar refractivity (Wildman–Crippen MR) is 89.9 cm³/mol. The molecule has 0 unspecified atom stereocenters. The second-order valence-electron chi connectivity index (χ2n) is 6.33. The zero-order valence-electron chi connectivity index (χ0n) is 14.0. The Labute approximate surface area is 129 Å². The quantitative estimate of drug-likeness (QED) is 0.481. The highest BCUT2D eigenvalue weighted by Gasteiger charge is 2.09. The molecule has 1 aromatic rings. The first-order valence-electron chi connectivity index (χ1n) is 7.52. The largest absolute Gasteiger partial charge is 0.496 e. The van der Waals surface area contributed by atoms with Gasteiger partial charge in [-0.15, -0.1) is 0 Å². The van der Waals surface area contributed by atoms with Gasteiger partial charge in [0.2, 0.25) is 0 Å². The van der Waals surface area contributed by atoms with E-state index in [-0.39, 0.29) is 0 Å². The number of ether oxygens (including phenoxy) is 1. The van der Waals surface area contributed by atoms with Crippen LogP contribution in [0.5, 0.6) is 5.75 Å². The van der Waals surface area contributed by atoms with Crippen LogP contribution in [0.15, 0.2) is 29.3 Å². The molecule has 118 valence electrons. The summed E-state index contributed by atoms with van der Waals surface area (Å²) in [5.74, 6) is 1.73. The molecule has 0 heterocycles. The Morgan fingerprint density at radius 3 is 2.52 bits per heavy atom. The number of para-hydroxylation sites is 1. The number of hydrogen-bond acceptors (Lipinski definition) is 2. The Morgan fingerprint density at radius 1 is 1.19 bits per heavy atom. The van der Waals surface area contributed by atoms with Gasteiger partial charge in [-0.05, 0) is 24.3 Å². The molecule has 0 aliphatic carbocycles. The molecule has 4 nitrogen and oxygen atoms in total. The fourth-order valence-corrected chi connectivity index (χ4v) is 2.07. The van der Waals surface area contributed by atoms with Crippen LogP contribution in [-0.2, 0) is 6.54 Å². The molecule has 0 atom stereocenters. The molecule has 1 rings (SSSR count). The standard InChI is InChI=1S/C17H29N3O/c1-17(2,3)11-8-12-19-16(18-4)20-13-14-9-6-7-10-15(14)21-5/h6-7,9-10H,8,11-13H2,1-5H3,(H2,18,19,20). The van der Waals surface area contributed by atoms with E-state index in [0.29, 0.717) is 12.0 Å². The Balaban J connectivity index is 2.38. The third-order valence-corrected chi connectivity index (χ3v) is 3.26. The third-order valence-electron chi connectivity index (χ3n) is 3.26. The van der Waals surface area contributed by atoms with Crippen LogP contribution in [0.25, 0.3) is 0 Å². The lowest BCUT2D eigenvalue weighted by Crippen LogP contribution is -2.37. The van der Waals surface area contributed by atoms with E-state index < -0.39 is 0 Å². The summed E-state index contributed by atoms with van der Waals surface area (Å²) >= 11 is 0. The smallest absolute Gasteiger partial charge is 0.191 e. The molecule has 21 heavy (non-hydrogen) atoms. The van der Waals surface area contributed by atoms with Crippen LogP contribution in [-0.4, -0.2) is 26.7 Å². The van der Waals surface area contributed by atoms with Crippen molar-refractivity contribution in [2.75, 3.05) is 20.7 Å². The number of hydrogen-bond donors (Lipinski definition) is 2. The van der Waals surface area contributed by atoms with Crippen molar-refractivity contribution < 1.29 is 4.74 Å². The maximum atomic E-state index is 5.35. The normalized spacial score (nSPS) is 12.1. The van der Waals surface area contributed by atoms with Crippen LogP contribution in [0.1, 0.15) is 39.2 Å². The summed E-state index contributed by atoms with van der Waals surface area (Å²) in [5.41, 5.74) is 1.51. The van der Waals surface area contributed by atoms with E-state index in [4.69, 9.17) is 4.74 Å². The van der Waals surface area contributed by atoms with Crippen molar-refractivity contribution in [2.45, 2.75) is 40.2 Å². The van der Waals surface area contributed by atoms with Crippen molar-refractivity contribution in [1.29, 1.82) is 0 Å².